The molecule has 0 unspecified atom stereocenters. The molecule has 0 saturated carbocycles. The summed E-state index contributed by atoms with van der Waals surface area (Å²) in [5.41, 5.74) is 9.26. The Morgan fingerprint density at radius 3 is 1.83 bits per heavy atom. The Kier molecular flexibility index (Phi) is 6.63. The lowest BCUT2D eigenvalue weighted by atomic mass is 9.97. The van der Waals surface area contributed by atoms with E-state index in [4.69, 9.17) is 23.8 Å². The van der Waals surface area contributed by atoms with Crippen LogP contribution in [-0.4, -0.2) is 19.5 Å². The normalized spacial score (nSPS) is 12.1. The number of hydrogen-bond donors (Lipinski definition) is 0. The van der Waals surface area contributed by atoms with E-state index in [0.717, 1.165) is 87.9 Å². The zero-order valence-corrected chi connectivity index (χ0v) is 31.4. The van der Waals surface area contributed by atoms with Crippen LogP contribution in [0.2, 0.25) is 0 Å². The Hall–Kier alpha value is -8.09. The fraction of sp³-hybridized carbons (Fsp3) is 0. The zero-order chi connectivity index (χ0) is 38.6. The lowest BCUT2D eigenvalue weighted by Gasteiger charge is -2.13. The van der Waals surface area contributed by atoms with Gasteiger partial charge in [0.2, 0.25) is 5.95 Å². The van der Waals surface area contributed by atoms with Gasteiger partial charge in [0.15, 0.2) is 11.6 Å². The average molecular weight is 755 g/mol. The highest BCUT2D eigenvalue weighted by atomic mass is 16.3. The van der Waals surface area contributed by atoms with Crippen molar-refractivity contribution in [3.05, 3.63) is 182 Å². The smallest absolute Gasteiger partial charge is 0.238 e. The van der Waals surface area contributed by atoms with Gasteiger partial charge in [0.1, 0.15) is 22.3 Å². The number of para-hydroxylation sites is 2. The van der Waals surface area contributed by atoms with Gasteiger partial charge in [-0.25, -0.2) is 4.98 Å². The number of furan rings is 2. The van der Waals surface area contributed by atoms with Crippen LogP contribution in [0.1, 0.15) is 0 Å². The van der Waals surface area contributed by atoms with Crippen molar-refractivity contribution in [3.8, 4) is 39.9 Å². The van der Waals surface area contributed by atoms with Crippen molar-refractivity contribution in [2.75, 3.05) is 0 Å². The summed E-state index contributed by atoms with van der Waals surface area (Å²) in [5, 5.41) is 11.3. The van der Waals surface area contributed by atoms with Crippen molar-refractivity contribution in [2.24, 2.45) is 0 Å². The highest BCUT2D eigenvalue weighted by Crippen LogP contribution is 2.43. The molecule has 13 aromatic rings. The molecule has 0 atom stereocenters. The summed E-state index contributed by atoms with van der Waals surface area (Å²) >= 11 is 0. The van der Waals surface area contributed by atoms with Gasteiger partial charge in [0, 0.05) is 49.0 Å². The molecule has 9 aromatic carbocycles. The number of aromatic nitrogens is 4. The van der Waals surface area contributed by atoms with E-state index in [1.54, 1.807) is 0 Å². The van der Waals surface area contributed by atoms with Crippen LogP contribution in [0.4, 0.5) is 0 Å². The van der Waals surface area contributed by atoms with E-state index in [1.807, 2.05) is 54.6 Å². The first kappa shape index (κ1) is 32.0. The number of nitrogens with zero attached hydrogens (tertiary/aromatic N) is 4. The van der Waals surface area contributed by atoms with Crippen molar-refractivity contribution in [1.82, 2.24) is 19.5 Å². The van der Waals surface area contributed by atoms with Crippen molar-refractivity contribution in [1.29, 1.82) is 0 Å². The summed E-state index contributed by atoms with van der Waals surface area (Å²) in [6, 6.07) is 63.3. The molecule has 4 aromatic heterocycles. The zero-order valence-electron chi connectivity index (χ0n) is 31.4. The number of fused-ring (bicyclic) bond motifs is 13. The Morgan fingerprint density at radius 2 is 0.983 bits per heavy atom. The summed E-state index contributed by atoms with van der Waals surface area (Å²) in [4.78, 5) is 15.8. The largest absolute Gasteiger partial charge is 0.456 e. The molecule has 0 fully saturated rings. The SMILES string of the molecule is c1ccc(-c2nc(-c3ccc4c(c3)oc3ccccc34)nc(-n3c4ccc5ccccc5c4c4cccc(-c5ccc6oc7ccc8ccccc8c7c6c5)c43)n2)cc1. The average Bonchev–Trinajstić information content (AvgIpc) is 3.98. The van der Waals surface area contributed by atoms with Crippen molar-refractivity contribution >= 4 is 87.2 Å². The van der Waals surface area contributed by atoms with E-state index >= 15 is 0 Å². The molecule has 0 N–H and O–H groups in total. The Bertz CT molecular complexity index is 3860. The molecule has 6 heteroatoms. The van der Waals surface area contributed by atoms with Gasteiger partial charge in [-0.05, 0) is 69.6 Å². The van der Waals surface area contributed by atoms with E-state index < -0.39 is 0 Å². The molecule has 0 aliphatic heterocycles. The van der Waals surface area contributed by atoms with E-state index in [1.165, 1.54) is 21.5 Å². The summed E-state index contributed by atoms with van der Waals surface area (Å²) in [5.74, 6) is 1.67. The van der Waals surface area contributed by atoms with E-state index in [-0.39, 0.29) is 0 Å². The van der Waals surface area contributed by atoms with Crippen LogP contribution in [0.3, 0.4) is 0 Å². The molecule has 59 heavy (non-hydrogen) atoms. The van der Waals surface area contributed by atoms with Crippen LogP contribution >= 0.6 is 0 Å². The topological polar surface area (TPSA) is 69.9 Å². The molecule has 0 bridgehead atoms. The Balaban J connectivity index is 1.12. The molecule has 6 nitrogen and oxygen atoms in total. The fourth-order valence-electron chi connectivity index (χ4n) is 9.17. The molecule has 0 aliphatic rings. The molecule has 0 radical (unpaired) electrons. The van der Waals surface area contributed by atoms with Crippen LogP contribution < -0.4 is 0 Å². The second kappa shape index (κ2) is 12.2. The van der Waals surface area contributed by atoms with E-state index in [0.29, 0.717) is 17.6 Å². The first-order valence-electron chi connectivity index (χ1n) is 19.8. The standard InChI is InChI=1S/C53H30N4O2/c1-2-13-33(14-3-1)51-54-52(35-21-25-40-39-17-8-9-20-44(39)59-47(40)30-35)56-53(55-51)57-43-26-22-31-11-4-6-15-36(31)48(43)41-19-10-18-38(50(41)57)34-24-27-45-42(29-34)49-37-16-7-5-12-32(37)23-28-46(49)58-45/h1-30H. The summed E-state index contributed by atoms with van der Waals surface area (Å²) in [6.07, 6.45) is 0. The lowest BCUT2D eigenvalue weighted by Crippen LogP contribution is -2.07. The molecule has 13 rings (SSSR count). The maximum Gasteiger partial charge on any atom is 0.238 e. The minimum absolute atomic E-state index is 0.530. The summed E-state index contributed by atoms with van der Waals surface area (Å²) < 4.78 is 15.0. The van der Waals surface area contributed by atoms with Gasteiger partial charge in [0.05, 0.1) is 11.0 Å². The van der Waals surface area contributed by atoms with E-state index in [2.05, 4.69) is 132 Å². The highest BCUT2D eigenvalue weighted by Gasteiger charge is 2.23. The third-order valence-electron chi connectivity index (χ3n) is 11.8. The number of hydrogen-bond acceptors (Lipinski definition) is 5. The quantitative estimate of drug-likeness (QED) is 0.179. The van der Waals surface area contributed by atoms with Gasteiger partial charge in [-0.15, -0.1) is 0 Å². The molecule has 0 spiro atoms. The predicted octanol–water partition coefficient (Wildman–Crippen LogP) is 14.1. The predicted molar refractivity (Wildman–Crippen MR) is 240 cm³/mol. The Morgan fingerprint density at radius 1 is 0.356 bits per heavy atom. The molecular formula is C53H30N4O2. The lowest BCUT2D eigenvalue weighted by molar-refractivity contribution is 0.668. The van der Waals surface area contributed by atoms with Gasteiger partial charge in [-0.3, -0.25) is 4.57 Å². The molecule has 4 heterocycles. The van der Waals surface area contributed by atoms with Crippen LogP contribution in [0.15, 0.2) is 191 Å². The summed E-state index contributed by atoms with van der Waals surface area (Å²) in [7, 11) is 0. The second-order valence-electron chi connectivity index (χ2n) is 15.1. The minimum Gasteiger partial charge on any atom is -0.456 e. The monoisotopic (exact) mass is 754 g/mol. The number of benzene rings is 9. The van der Waals surface area contributed by atoms with E-state index in [9.17, 15) is 0 Å². The minimum atomic E-state index is 0.530. The molecule has 0 saturated heterocycles. The first-order chi connectivity index (χ1) is 29.2. The van der Waals surface area contributed by atoms with Crippen LogP contribution in [0.25, 0.3) is 127 Å². The highest BCUT2D eigenvalue weighted by molar-refractivity contribution is 6.24. The number of rotatable bonds is 4. The summed E-state index contributed by atoms with van der Waals surface area (Å²) in [6.45, 7) is 0. The maximum atomic E-state index is 6.44. The van der Waals surface area contributed by atoms with Crippen molar-refractivity contribution in [3.63, 3.8) is 0 Å². The molecular weight excluding hydrogens is 725 g/mol. The van der Waals surface area contributed by atoms with Crippen molar-refractivity contribution < 1.29 is 8.83 Å². The maximum absolute atomic E-state index is 6.44. The Labute approximate surface area is 336 Å². The van der Waals surface area contributed by atoms with Crippen LogP contribution in [0.5, 0.6) is 0 Å². The molecule has 0 aliphatic carbocycles. The fourth-order valence-corrected chi connectivity index (χ4v) is 9.17. The molecule has 274 valence electrons. The van der Waals surface area contributed by atoms with Gasteiger partial charge >= 0.3 is 0 Å². The van der Waals surface area contributed by atoms with Gasteiger partial charge < -0.3 is 8.83 Å². The third kappa shape index (κ3) is 4.77. The van der Waals surface area contributed by atoms with Crippen molar-refractivity contribution in [2.45, 2.75) is 0 Å². The third-order valence-corrected chi connectivity index (χ3v) is 11.8. The van der Waals surface area contributed by atoms with Crippen LogP contribution in [0, 0.1) is 0 Å². The van der Waals surface area contributed by atoms with Crippen LogP contribution in [-0.2, 0) is 0 Å². The first-order valence-corrected chi connectivity index (χ1v) is 19.8. The van der Waals surface area contributed by atoms with Gasteiger partial charge in [-0.1, -0.05) is 140 Å². The van der Waals surface area contributed by atoms with Gasteiger partial charge in [0.25, 0.3) is 0 Å². The molecule has 0 amide bonds. The second-order valence-corrected chi connectivity index (χ2v) is 15.1. The van der Waals surface area contributed by atoms with Gasteiger partial charge in [-0.2, -0.15) is 9.97 Å².